The van der Waals surface area contributed by atoms with Gasteiger partial charge in [-0.1, -0.05) is 30.3 Å². The summed E-state index contributed by atoms with van der Waals surface area (Å²) in [6.07, 6.45) is 2.29. The van der Waals surface area contributed by atoms with Crippen molar-refractivity contribution in [3.63, 3.8) is 0 Å². The molecule has 1 saturated heterocycles. The molecule has 0 unspecified atom stereocenters. The van der Waals surface area contributed by atoms with Crippen LogP contribution in [-0.2, 0) is 16.1 Å². The van der Waals surface area contributed by atoms with E-state index in [1.807, 2.05) is 35.2 Å². The summed E-state index contributed by atoms with van der Waals surface area (Å²) >= 11 is 0. The quantitative estimate of drug-likeness (QED) is 0.819. The molecule has 0 aromatic heterocycles. The van der Waals surface area contributed by atoms with Crippen LogP contribution in [0, 0.1) is 0 Å². The lowest BCUT2D eigenvalue weighted by Crippen LogP contribution is -2.43. The molecule has 4 heteroatoms. The first-order valence-corrected chi connectivity index (χ1v) is 6.91. The molecule has 1 aromatic carbocycles. The Labute approximate surface area is 114 Å². The van der Waals surface area contributed by atoms with E-state index in [1.54, 1.807) is 0 Å². The number of carbonyl (C=O) groups excluding carboxylic acids is 1. The number of likely N-dealkylation sites (tertiary alicyclic amines) is 1. The number of hydrogen-bond donors (Lipinski definition) is 1. The average Bonchev–Trinajstić information content (AvgIpc) is 2.45. The van der Waals surface area contributed by atoms with Crippen molar-refractivity contribution >= 4 is 5.91 Å². The van der Waals surface area contributed by atoms with Crippen LogP contribution in [0.4, 0.5) is 0 Å². The maximum Gasteiger partial charge on any atom is 0.224 e. The highest BCUT2D eigenvalue weighted by Gasteiger charge is 2.19. The van der Waals surface area contributed by atoms with Gasteiger partial charge in [0.05, 0.1) is 19.6 Å². The van der Waals surface area contributed by atoms with E-state index in [1.165, 1.54) is 0 Å². The standard InChI is InChI=1S/C15H22N2O2/c16-14-6-9-17(10-7-14)15(18)8-11-19-12-13-4-2-1-3-5-13/h1-5,14H,6-12,16H2. The monoisotopic (exact) mass is 262 g/mol. The molecule has 1 heterocycles. The third kappa shape index (κ3) is 4.65. The van der Waals surface area contributed by atoms with Gasteiger partial charge in [0.1, 0.15) is 0 Å². The molecular formula is C15H22N2O2. The topological polar surface area (TPSA) is 55.6 Å². The van der Waals surface area contributed by atoms with Gasteiger partial charge >= 0.3 is 0 Å². The summed E-state index contributed by atoms with van der Waals surface area (Å²) in [7, 11) is 0. The Morgan fingerprint density at radius 3 is 2.63 bits per heavy atom. The van der Waals surface area contributed by atoms with Crippen LogP contribution in [0.15, 0.2) is 30.3 Å². The van der Waals surface area contributed by atoms with Gasteiger partial charge in [-0.05, 0) is 18.4 Å². The Bertz CT molecular complexity index is 386. The molecule has 1 aliphatic rings. The third-order valence-electron chi connectivity index (χ3n) is 3.46. The summed E-state index contributed by atoms with van der Waals surface area (Å²) < 4.78 is 5.53. The van der Waals surface area contributed by atoms with Crippen molar-refractivity contribution in [1.29, 1.82) is 0 Å². The van der Waals surface area contributed by atoms with Crippen LogP contribution in [0.2, 0.25) is 0 Å². The van der Waals surface area contributed by atoms with Gasteiger partial charge < -0.3 is 15.4 Å². The van der Waals surface area contributed by atoms with E-state index in [4.69, 9.17) is 10.5 Å². The van der Waals surface area contributed by atoms with Gasteiger partial charge in [0.25, 0.3) is 0 Å². The molecule has 0 saturated carbocycles. The number of nitrogens with zero attached hydrogens (tertiary/aromatic N) is 1. The first-order chi connectivity index (χ1) is 9.25. The number of amides is 1. The number of piperidine rings is 1. The molecule has 0 atom stereocenters. The van der Waals surface area contributed by atoms with Crippen LogP contribution in [-0.4, -0.2) is 36.5 Å². The molecule has 1 fully saturated rings. The molecule has 0 aliphatic carbocycles. The van der Waals surface area contributed by atoms with Crippen LogP contribution >= 0.6 is 0 Å². The normalized spacial score (nSPS) is 16.6. The van der Waals surface area contributed by atoms with Crippen molar-refractivity contribution in [2.45, 2.75) is 31.9 Å². The largest absolute Gasteiger partial charge is 0.376 e. The zero-order valence-electron chi connectivity index (χ0n) is 11.3. The number of benzene rings is 1. The van der Waals surface area contributed by atoms with E-state index in [0.29, 0.717) is 19.6 Å². The molecule has 1 aromatic rings. The zero-order valence-corrected chi connectivity index (χ0v) is 11.3. The minimum Gasteiger partial charge on any atom is -0.376 e. The SMILES string of the molecule is NC1CCN(C(=O)CCOCc2ccccc2)CC1. The molecular weight excluding hydrogens is 240 g/mol. The van der Waals surface area contributed by atoms with E-state index < -0.39 is 0 Å². The number of rotatable bonds is 5. The molecule has 2 N–H and O–H groups in total. The van der Waals surface area contributed by atoms with Crippen LogP contribution < -0.4 is 5.73 Å². The summed E-state index contributed by atoms with van der Waals surface area (Å²) in [5, 5.41) is 0. The molecule has 19 heavy (non-hydrogen) atoms. The maximum absolute atomic E-state index is 11.9. The fourth-order valence-corrected chi connectivity index (χ4v) is 2.23. The van der Waals surface area contributed by atoms with Crippen molar-refractivity contribution in [2.75, 3.05) is 19.7 Å². The van der Waals surface area contributed by atoms with E-state index in [-0.39, 0.29) is 11.9 Å². The summed E-state index contributed by atoms with van der Waals surface area (Å²) in [5.74, 6) is 0.181. The van der Waals surface area contributed by atoms with Gasteiger partial charge in [0, 0.05) is 19.1 Å². The first-order valence-electron chi connectivity index (χ1n) is 6.91. The van der Waals surface area contributed by atoms with Gasteiger partial charge in [0.15, 0.2) is 0 Å². The highest BCUT2D eigenvalue weighted by Crippen LogP contribution is 2.09. The van der Waals surface area contributed by atoms with Gasteiger partial charge in [-0.15, -0.1) is 0 Å². The molecule has 2 rings (SSSR count). The van der Waals surface area contributed by atoms with Crippen LogP contribution in [0.25, 0.3) is 0 Å². The Morgan fingerprint density at radius 1 is 1.26 bits per heavy atom. The van der Waals surface area contributed by atoms with Crippen molar-refractivity contribution in [3.05, 3.63) is 35.9 Å². The van der Waals surface area contributed by atoms with E-state index >= 15 is 0 Å². The van der Waals surface area contributed by atoms with Crippen LogP contribution in [0.1, 0.15) is 24.8 Å². The average molecular weight is 262 g/mol. The summed E-state index contributed by atoms with van der Waals surface area (Å²) in [4.78, 5) is 13.8. The van der Waals surface area contributed by atoms with Gasteiger partial charge in [-0.25, -0.2) is 0 Å². The van der Waals surface area contributed by atoms with Crippen LogP contribution in [0.3, 0.4) is 0 Å². The molecule has 1 aliphatic heterocycles. The van der Waals surface area contributed by atoms with E-state index in [9.17, 15) is 4.79 Å². The second-order valence-corrected chi connectivity index (χ2v) is 5.01. The van der Waals surface area contributed by atoms with Crippen molar-refractivity contribution in [2.24, 2.45) is 5.73 Å². The summed E-state index contributed by atoms with van der Waals surface area (Å²) in [6.45, 7) is 2.63. The van der Waals surface area contributed by atoms with Crippen molar-refractivity contribution < 1.29 is 9.53 Å². The Hall–Kier alpha value is -1.39. The lowest BCUT2D eigenvalue weighted by atomic mass is 10.1. The fourth-order valence-electron chi connectivity index (χ4n) is 2.23. The van der Waals surface area contributed by atoms with E-state index in [0.717, 1.165) is 31.5 Å². The molecule has 0 spiro atoms. The van der Waals surface area contributed by atoms with Crippen molar-refractivity contribution in [3.8, 4) is 0 Å². The van der Waals surface area contributed by atoms with Gasteiger partial charge in [0.2, 0.25) is 5.91 Å². The Balaban J connectivity index is 1.61. The highest BCUT2D eigenvalue weighted by atomic mass is 16.5. The minimum absolute atomic E-state index is 0.181. The summed E-state index contributed by atoms with van der Waals surface area (Å²) in [6, 6.07) is 10.3. The molecule has 4 nitrogen and oxygen atoms in total. The first kappa shape index (κ1) is 14.0. The fraction of sp³-hybridized carbons (Fsp3) is 0.533. The zero-order chi connectivity index (χ0) is 13.5. The van der Waals surface area contributed by atoms with Crippen LogP contribution in [0.5, 0.6) is 0 Å². The van der Waals surface area contributed by atoms with Gasteiger partial charge in [-0.3, -0.25) is 4.79 Å². The Kier molecular flexibility index (Phi) is 5.36. The number of hydrogen-bond acceptors (Lipinski definition) is 3. The smallest absolute Gasteiger partial charge is 0.224 e. The maximum atomic E-state index is 11.9. The minimum atomic E-state index is 0.181. The summed E-state index contributed by atoms with van der Waals surface area (Å²) in [5.41, 5.74) is 6.96. The van der Waals surface area contributed by atoms with Crippen molar-refractivity contribution in [1.82, 2.24) is 4.90 Å². The predicted octanol–water partition coefficient (Wildman–Crippen LogP) is 1.54. The number of carbonyl (C=O) groups is 1. The second-order valence-electron chi connectivity index (χ2n) is 5.01. The third-order valence-corrected chi connectivity index (χ3v) is 3.46. The second kappa shape index (κ2) is 7.26. The molecule has 0 bridgehead atoms. The van der Waals surface area contributed by atoms with Gasteiger partial charge in [-0.2, -0.15) is 0 Å². The number of nitrogens with two attached hydrogens (primary N) is 1. The molecule has 104 valence electrons. The molecule has 0 radical (unpaired) electrons. The predicted molar refractivity (Wildman–Crippen MR) is 74.5 cm³/mol. The lowest BCUT2D eigenvalue weighted by Gasteiger charge is -2.30. The lowest BCUT2D eigenvalue weighted by molar-refractivity contribution is -0.133. The molecule has 1 amide bonds. The van der Waals surface area contributed by atoms with E-state index in [2.05, 4.69) is 0 Å². The number of ether oxygens (including phenoxy) is 1. The highest BCUT2D eigenvalue weighted by molar-refractivity contribution is 5.76. The Morgan fingerprint density at radius 2 is 1.95 bits per heavy atom.